The molecular weight excluding hydrogens is 356 g/mol. The van der Waals surface area contributed by atoms with Crippen LogP contribution in [0, 0.1) is 12.7 Å². The zero-order chi connectivity index (χ0) is 15.1. The Morgan fingerprint density at radius 2 is 1.76 bits per heavy atom. The summed E-state index contributed by atoms with van der Waals surface area (Å²) in [6.07, 6.45) is 0. The van der Waals surface area contributed by atoms with Crippen LogP contribution in [0.5, 0.6) is 0 Å². The first-order valence-corrected chi connectivity index (χ1v) is 7.74. The normalized spacial score (nSPS) is 11.1. The van der Waals surface area contributed by atoms with Gasteiger partial charge in [-0.3, -0.25) is 0 Å². The van der Waals surface area contributed by atoms with Gasteiger partial charge in [-0.05, 0) is 36.7 Å². The molecule has 1 N–H and O–H groups in total. The van der Waals surface area contributed by atoms with Crippen LogP contribution in [0.4, 0.5) is 15.9 Å². The number of nitrogens with one attached hydrogen (secondary N) is 1. The third-order valence-electron chi connectivity index (χ3n) is 2.74. The Hall–Kier alpha value is -1.14. The first-order valence-electron chi connectivity index (χ1n) is 5.79. The zero-order valence-corrected chi connectivity index (χ0v) is 13.6. The van der Waals surface area contributed by atoms with E-state index in [1.165, 1.54) is 23.5 Å². The Balaban J connectivity index is 2.09. The first-order chi connectivity index (χ1) is 9.94. The summed E-state index contributed by atoms with van der Waals surface area (Å²) in [6, 6.07) is 4.82. The number of rotatable bonds is 2. The minimum atomic E-state index is -0.652. The van der Waals surface area contributed by atoms with Crippen molar-refractivity contribution in [2.45, 2.75) is 6.92 Å². The molecule has 8 heteroatoms. The highest BCUT2D eigenvalue weighted by Crippen LogP contribution is 2.33. The molecule has 3 nitrogen and oxygen atoms in total. The second kappa shape index (κ2) is 5.57. The van der Waals surface area contributed by atoms with Crippen LogP contribution in [-0.4, -0.2) is 9.97 Å². The van der Waals surface area contributed by atoms with Gasteiger partial charge in [0.2, 0.25) is 5.28 Å². The van der Waals surface area contributed by atoms with E-state index in [9.17, 15) is 4.39 Å². The lowest BCUT2D eigenvalue weighted by Gasteiger charge is -2.08. The van der Waals surface area contributed by atoms with E-state index in [0.717, 1.165) is 15.1 Å². The number of anilines is 2. The summed E-state index contributed by atoms with van der Waals surface area (Å²) in [6.45, 7) is 1.97. The topological polar surface area (TPSA) is 37.8 Å². The van der Waals surface area contributed by atoms with Gasteiger partial charge in [-0.2, -0.15) is 4.98 Å². The summed E-state index contributed by atoms with van der Waals surface area (Å²) in [7, 11) is 0. The standard InChI is InChI=1S/C13H7Cl3FN3S/c1-5-2-7-11(19-13(16)20-12(7)21-5)18-6-3-8(14)10(17)9(15)4-6/h2-4H,1H3,(H,18,19,20). The molecule has 0 unspecified atom stereocenters. The summed E-state index contributed by atoms with van der Waals surface area (Å²) >= 11 is 19.0. The molecule has 0 aliphatic carbocycles. The lowest BCUT2D eigenvalue weighted by Crippen LogP contribution is -1.96. The Labute approximate surface area is 138 Å². The van der Waals surface area contributed by atoms with Gasteiger partial charge in [0.1, 0.15) is 10.6 Å². The average molecular weight is 363 g/mol. The highest BCUT2D eigenvalue weighted by Gasteiger charge is 2.12. The van der Waals surface area contributed by atoms with Crippen LogP contribution in [0.15, 0.2) is 18.2 Å². The molecular formula is C13H7Cl3FN3S. The van der Waals surface area contributed by atoms with Gasteiger partial charge >= 0.3 is 0 Å². The molecule has 0 bridgehead atoms. The Morgan fingerprint density at radius 1 is 1.10 bits per heavy atom. The van der Waals surface area contributed by atoms with E-state index in [0.29, 0.717) is 11.5 Å². The molecule has 21 heavy (non-hydrogen) atoms. The van der Waals surface area contributed by atoms with Crippen molar-refractivity contribution in [3.05, 3.63) is 44.2 Å². The number of hydrogen-bond donors (Lipinski definition) is 1. The molecule has 3 rings (SSSR count). The molecule has 0 saturated carbocycles. The predicted molar refractivity (Wildman–Crippen MR) is 86.9 cm³/mol. The Kier molecular flexibility index (Phi) is 3.92. The molecule has 0 amide bonds. The number of halogens is 4. The maximum Gasteiger partial charge on any atom is 0.225 e. The number of aryl methyl sites for hydroxylation is 1. The largest absolute Gasteiger partial charge is 0.339 e. The third kappa shape index (κ3) is 2.92. The SMILES string of the molecule is Cc1cc2c(Nc3cc(Cl)c(F)c(Cl)c3)nc(Cl)nc2s1. The van der Waals surface area contributed by atoms with Crippen molar-refractivity contribution in [2.75, 3.05) is 5.32 Å². The summed E-state index contributed by atoms with van der Waals surface area (Å²) in [5.74, 6) is -0.130. The van der Waals surface area contributed by atoms with Gasteiger partial charge in [-0.1, -0.05) is 23.2 Å². The molecule has 108 valence electrons. The number of benzene rings is 1. The van der Waals surface area contributed by atoms with E-state index < -0.39 is 5.82 Å². The predicted octanol–water partition coefficient (Wildman–Crippen LogP) is 5.84. The molecule has 0 atom stereocenters. The lowest BCUT2D eigenvalue weighted by molar-refractivity contribution is 0.629. The van der Waals surface area contributed by atoms with Crippen molar-refractivity contribution >= 4 is 67.9 Å². The van der Waals surface area contributed by atoms with Crippen molar-refractivity contribution < 1.29 is 4.39 Å². The van der Waals surface area contributed by atoms with Gasteiger partial charge in [0.25, 0.3) is 0 Å². The van der Waals surface area contributed by atoms with Crippen LogP contribution in [0.25, 0.3) is 10.2 Å². The van der Waals surface area contributed by atoms with E-state index in [1.807, 2.05) is 13.0 Å². The van der Waals surface area contributed by atoms with E-state index in [2.05, 4.69) is 15.3 Å². The molecule has 3 aromatic rings. The van der Waals surface area contributed by atoms with Crippen LogP contribution in [0.1, 0.15) is 4.88 Å². The highest BCUT2D eigenvalue weighted by molar-refractivity contribution is 7.18. The minimum absolute atomic E-state index is 0.0668. The summed E-state index contributed by atoms with van der Waals surface area (Å²) in [4.78, 5) is 10.2. The zero-order valence-electron chi connectivity index (χ0n) is 10.5. The van der Waals surface area contributed by atoms with Crippen LogP contribution in [-0.2, 0) is 0 Å². The second-order valence-electron chi connectivity index (χ2n) is 4.30. The Morgan fingerprint density at radius 3 is 2.43 bits per heavy atom. The van der Waals surface area contributed by atoms with E-state index in [1.54, 1.807) is 0 Å². The van der Waals surface area contributed by atoms with Gasteiger partial charge in [-0.25, -0.2) is 9.37 Å². The monoisotopic (exact) mass is 361 g/mol. The molecule has 0 fully saturated rings. The maximum atomic E-state index is 13.4. The fourth-order valence-corrected chi connectivity index (χ4v) is 3.46. The molecule has 0 spiro atoms. The number of fused-ring (bicyclic) bond motifs is 1. The van der Waals surface area contributed by atoms with Crippen LogP contribution >= 0.6 is 46.1 Å². The molecule has 0 radical (unpaired) electrons. The van der Waals surface area contributed by atoms with Crippen LogP contribution in [0.3, 0.4) is 0 Å². The maximum absolute atomic E-state index is 13.4. The Bertz CT molecular complexity index is 827. The molecule has 2 heterocycles. The smallest absolute Gasteiger partial charge is 0.225 e. The fraction of sp³-hybridized carbons (Fsp3) is 0.0769. The van der Waals surface area contributed by atoms with Crippen LogP contribution in [0.2, 0.25) is 15.3 Å². The number of aromatic nitrogens is 2. The number of nitrogens with zero attached hydrogens (tertiary/aromatic N) is 2. The third-order valence-corrected chi connectivity index (χ3v) is 4.40. The van der Waals surface area contributed by atoms with E-state index >= 15 is 0 Å². The van der Waals surface area contributed by atoms with Gasteiger partial charge < -0.3 is 5.32 Å². The van der Waals surface area contributed by atoms with Gasteiger partial charge in [0.05, 0.1) is 15.4 Å². The van der Waals surface area contributed by atoms with Crippen molar-refractivity contribution in [2.24, 2.45) is 0 Å². The van der Waals surface area contributed by atoms with Gasteiger partial charge in [-0.15, -0.1) is 11.3 Å². The molecule has 0 saturated heterocycles. The quantitative estimate of drug-likeness (QED) is 0.459. The molecule has 2 aromatic heterocycles. The number of thiophene rings is 1. The summed E-state index contributed by atoms with van der Waals surface area (Å²) in [5.41, 5.74) is 0.520. The molecule has 0 aliphatic heterocycles. The summed E-state index contributed by atoms with van der Waals surface area (Å²) in [5, 5.41) is 3.87. The van der Waals surface area contributed by atoms with Crippen molar-refractivity contribution in [1.82, 2.24) is 9.97 Å². The van der Waals surface area contributed by atoms with Crippen LogP contribution < -0.4 is 5.32 Å². The van der Waals surface area contributed by atoms with Gasteiger partial charge in [0, 0.05) is 10.6 Å². The highest BCUT2D eigenvalue weighted by atomic mass is 35.5. The van der Waals surface area contributed by atoms with Crippen molar-refractivity contribution in [1.29, 1.82) is 0 Å². The molecule has 0 aliphatic rings. The minimum Gasteiger partial charge on any atom is -0.339 e. The fourth-order valence-electron chi connectivity index (χ4n) is 1.88. The van der Waals surface area contributed by atoms with E-state index in [4.69, 9.17) is 34.8 Å². The second-order valence-corrected chi connectivity index (χ2v) is 6.68. The summed E-state index contributed by atoms with van der Waals surface area (Å²) < 4.78 is 13.4. The number of hydrogen-bond acceptors (Lipinski definition) is 4. The van der Waals surface area contributed by atoms with E-state index in [-0.39, 0.29) is 15.3 Å². The van der Waals surface area contributed by atoms with Gasteiger partial charge in [0.15, 0.2) is 5.82 Å². The van der Waals surface area contributed by atoms with Crippen molar-refractivity contribution in [3.63, 3.8) is 0 Å². The molecule has 1 aromatic carbocycles. The first kappa shape index (κ1) is 14.8. The lowest BCUT2D eigenvalue weighted by atomic mass is 10.3. The van der Waals surface area contributed by atoms with Crippen molar-refractivity contribution in [3.8, 4) is 0 Å². The average Bonchev–Trinajstić information content (AvgIpc) is 2.76.